The van der Waals surface area contributed by atoms with Gasteiger partial charge in [-0.15, -0.1) is 0 Å². The van der Waals surface area contributed by atoms with E-state index in [2.05, 4.69) is 18.3 Å². The molecule has 0 saturated heterocycles. The van der Waals surface area contributed by atoms with Crippen molar-refractivity contribution in [3.63, 3.8) is 0 Å². The van der Waals surface area contributed by atoms with Crippen LogP contribution in [0.3, 0.4) is 0 Å². The minimum absolute atomic E-state index is 0.0317. The number of carbonyl (C=O) groups is 1. The average molecular weight is 314 g/mol. The monoisotopic (exact) mass is 314 g/mol. The first kappa shape index (κ1) is 17.3. The number of nitrogens with one attached hydrogen (secondary N) is 1. The molecule has 1 aliphatic carbocycles. The summed E-state index contributed by atoms with van der Waals surface area (Å²) in [6, 6.07) is 9.40. The smallest absolute Gasteiger partial charge is 0.261 e. The highest BCUT2D eigenvalue weighted by Gasteiger charge is 2.28. The summed E-state index contributed by atoms with van der Waals surface area (Å²) in [5.74, 6) is 1.18. The molecule has 1 unspecified atom stereocenters. The fraction of sp³-hybridized carbons (Fsp3) is 0.579. The average Bonchev–Trinajstić information content (AvgIpc) is 2.54. The van der Waals surface area contributed by atoms with Crippen LogP contribution in [0.5, 0.6) is 5.75 Å². The zero-order chi connectivity index (χ0) is 16.8. The van der Waals surface area contributed by atoms with Crippen LogP contribution in [-0.2, 0) is 4.79 Å². The van der Waals surface area contributed by atoms with Crippen molar-refractivity contribution in [3.05, 3.63) is 29.8 Å². The van der Waals surface area contributed by atoms with Crippen LogP contribution in [-0.4, -0.2) is 18.1 Å². The molecule has 1 aromatic rings. The Bertz CT molecular complexity index is 569. The fourth-order valence-corrected chi connectivity index (χ4v) is 2.98. The Morgan fingerprint density at radius 3 is 2.52 bits per heavy atom. The Morgan fingerprint density at radius 2 is 1.91 bits per heavy atom. The van der Waals surface area contributed by atoms with Crippen LogP contribution in [0.4, 0.5) is 0 Å². The molecule has 0 radical (unpaired) electrons. The summed E-state index contributed by atoms with van der Waals surface area (Å²) in [5, 5.41) is 12.3. The predicted octanol–water partition coefficient (Wildman–Crippen LogP) is 3.66. The SMILES string of the molecule is CC1CCC(NC(=O)C(Oc2ccccc2C#N)C(C)C)CC1. The second-order valence-electron chi connectivity index (χ2n) is 6.86. The second-order valence-corrected chi connectivity index (χ2v) is 6.86. The molecule has 124 valence electrons. The predicted molar refractivity (Wildman–Crippen MR) is 90.0 cm³/mol. The minimum atomic E-state index is -0.580. The summed E-state index contributed by atoms with van der Waals surface area (Å²) in [6.45, 7) is 6.18. The van der Waals surface area contributed by atoms with Crippen LogP contribution in [0.25, 0.3) is 0 Å². The number of hydrogen-bond donors (Lipinski definition) is 1. The van der Waals surface area contributed by atoms with E-state index in [0.29, 0.717) is 11.3 Å². The van der Waals surface area contributed by atoms with Gasteiger partial charge in [0.2, 0.25) is 0 Å². The number of nitrogens with zero attached hydrogens (tertiary/aromatic N) is 1. The first-order valence-electron chi connectivity index (χ1n) is 8.47. The van der Waals surface area contributed by atoms with E-state index in [9.17, 15) is 4.79 Å². The van der Waals surface area contributed by atoms with Gasteiger partial charge in [0.05, 0.1) is 5.56 Å². The van der Waals surface area contributed by atoms with Crippen LogP contribution < -0.4 is 10.1 Å². The summed E-state index contributed by atoms with van der Waals surface area (Å²) in [6.07, 6.45) is 3.81. The van der Waals surface area contributed by atoms with Crippen molar-refractivity contribution in [2.24, 2.45) is 11.8 Å². The maximum absolute atomic E-state index is 12.6. The Hall–Kier alpha value is -2.02. The number of carbonyl (C=O) groups excluding carboxylic acids is 1. The number of ether oxygens (including phenoxy) is 1. The maximum Gasteiger partial charge on any atom is 0.261 e. The van der Waals surface area contributed by atoms with Crippen molar-refractivity contribution in [2.75, 3.05) is 0 Å². The largest absolute Gasteiger partial charge is 0.479 e. The van der Waals surface area contributed by atoms with Crippen molar-refractivity contribution in [1.82, 2.24) is 5.32 Å². The molecule has 1 N–H and O–H groups in total. The lowest BCUT2D eigenvalue weighted by Crippen LogP contribution is -2.47. The van der Waals surface area contributed by atoms with Gasteiger partial charge in [-0.1, -0.05) is 32.9 Å². The van der Waals surface area contributed by atoms with Crippen molar-refractivity contribution in [3.8, 4) is 11.8 Å². The van der Waals surface area contributed by atoms with Gasteiger partial charge >= 0.3 is 0 Å². The van der Waals surface area contributed by atoms with Crippen molar-refractivity contribution in [2.45, 2.75) is 58.6 Å². The molecule has 4 heteroatoms. The van der Waals surface area contributed by atoms with Crippen LogP contribution in [0.2, 0.25) is 0 Å². The molecule has 23 heavy (non-hydrogen) atoms. The highest BCUT2D eigenvalue weighted by molar-refractivity contribution is 5.81. The van der Waals surface area contributed by atoms with E-state index >= 15 is 0 Å². The number of benzene rings is 1. The highest BCUT2D eigenvalue weighted by atomic mass is 16.5. The van der Waals surface area contributed by atoms with E-state index in [0.717, 1.165) is 31.6 Å². The number of para-hydroxylation sites is 1. The van der Waals surface area contributed by atoms with E-state index in [1.807, 2.05) is 19.9 Å². The van der Waals surface area contributed by atoms with Gasteiger partial charge in [-0.25, -0.2) is 0 Å². The molecule has 0 heterocycles. The van der Waals surface area contributed by atoms with Gasteiger partial charge in [-0.2, -0.15) is 5.26 Å². The Labute approximate surface area is 138 Å². The number of amides is 1. The molecule has 1 fully saturated rings. The first-order chi connectivity index (χ1) is 11.0. The topological polar surface area (TPSA) is 62.1 Å². The standard InChI is InChI=1S/C19H26N2O2/c1-13(2)18(23-17-7-5-4-6-15(17)12-20)19(22)21-16-10-8-14(3)9-11-16/h4-7,13-14,16,18H,8-11H2,1-3H3,(H,21,22). The number of nitriles is 1. The molecule has 1 amide bonds. The molecule has 0 aliphatic heterocycles. The van der Waals surface area contributed by atoms with E-state index in [-0.39, 0.29) is 17.9 Å². The summed E-state index contributed by atoms with van der Waals surface area (Å²) in [4.78, 5) is 12.6. The molecule has 1 saturated carbocycles. The lowest BCUT2D eigenvalue weighted by molar-refractivity contribution is -0.130. The molecule has 1 atom stereocenters. The van der Waals surface area contributed by atoms with E-state index < -0.39 is 6.10 Å². The third-order valence-corrected chi connectivity index (χ3v) is 4.49. The van der Waals surface area contributed by atoms with Gasteiger partial charge < -0.3 is 10.1 Å². The second kappa shape index (κ2) is 8.01. The van der Waals surface area contributed by atoms with Gasteiger partial charge in [0, 0.05) is 6.04 Å². The first-order valence-corrected chi connectivity index (χ1v) is 8.47. The third-order valence-electron chi connectivity index (χ3n) is 4.49. The summed E-state index contributed by atoms with van der Waals surface area (Å²) < 4.78 is 5.89. The highest BCUT2D eigenvalue weighted by Crippen LogP contribution is 2.25. The quantitative estimate of drug-likeness (QED) is 0.902. The van der Waals surface area contributed by atoms with Gasteiger partial charge in [-0.3, -0.25) is 4.79 Å². The minimum Gasteiger partial charge on any atom is -0.479 e. The van der Waals surface area contributed by atoms with E-state index in [1.165, 1.54) is 0 Å². The molecule has 2 rings (SSSR count). The van der Waals surface area contributed by atoms with Gasteiger partial charge in [0.15, 0.2) is 6.10 Å². The Balaban J connectivity index is 2.03. The van der Waals surface area contributed by atoms with Crippen molar-refractivity contribution < 1.29 is 9.53 Å². The van der Waals surface area contributed by atoms with Crippen LogP contribution in [0.15, 0.2) is 24.3 Å². The van der Waals surface area contributed by atoms with Crippen molar-refractivity contribution >= 4 is 5.91 Å². The van der Waals surface area contributed by atoms with Gasteiger partial charge in [-0.05, 0) is 49.7 Å². The molecule has 0 bridgehead atoms. The molecule has 1 aromatic carbocycles. The zero-order valence-corrected chi connectivity index (χ0v) is 14.2. The Morgan fingerprint density at radius 1 is 1.26 bits per heavy atom. The molecular weight excluding hydrogens is 288 g/mol. The molecule has 1 aliphatic rings. The zero-order valence-electron chi connectivity index (χ0n) is 14.2. The number of rotatable bonds is 5. The third kappa shape index (κ3) is 4.72. The van der Waals surface area contributed by atoms with Gasteiger partial charge in [0.1, 0.15) is 11.8 Å². The van der Waals surface area contributed by atoms with Crippen LogP contribution in [0.1, 0.15) is 52.0 Å². The molecule has 4 nitrogen and oxygen atoms in total. The lowest BCUT2D eigenvalue weighted by Gasteiger charge is -2.29. The molecule has 0 aromatic heterocycles. The van der Waals surface area contributed by atoms with Crippen LogP contribution in [0, 0.1) is 23.2 Å². The number of hydrogen-bond acceptors (Lipinski definition) is 3. The maximum atomic E-state index is 12.6. The van der Waals surface area contributed by atoms with Gasteiger partial charge in [0.25, 0.3) is 5.91 Å². The summed E-state index contributed by atoms with van der Waals surface area (Å²) in [7, 11) is 0. The normalized spacial score (nSPS) is 22.2. The fourth-order valence-electron chi connectivity index (χ4n) is 2.98. The lowest BCUT2D eigenvalue weighted by atomic mass is 9.87. The van der Waals surface area contributed by atoms with E-state index in [1.54, 1.807) is 18.2 Å². The van der Waals surface area contributed by atoms with E-state index in [4.69, 9.17) is 10.00 Å². The molecule has 0 spiro atoms. The molecular formula is C19H26N2O2. The van der Waals surface area contributed by atoms with Crippen LogP contribution >= 0.6 is 0 Å². The summed E-state index contributed by atoms with van der Waals surface area (Å²) in [5.41, 5.74) is 0.456. The Kier molecular flexibility index (Phi) is 6.04. The van der Waals surface area contributed by atoms with Crippen molar-refractivity contribution in [1.29, 1.82) is 5.26 Å². The summed E-state index contributed by atoms with van der Waals surface area (Å²) >= 11 is 0.